The summed E-state index contributed by atoms with van der Waals surface area (Å²) >= 11 is 0. The Hall–Kier alpha value is -1.35. The molecule has 23 heavy (non-hydrogen) atoms. The maximum atomic E-state index is 12.1. The van der Waals surface area contributed by atoms with Crippen LogP contribution in [0.15, 0.2) is 0 Å². The number of ether oxygens (including phenoxy) is 1. The zero-order valence-corrected chi connectivity index (χ0v) is 15.0. The number of nitrogens with zero attached hydrogens (tertiary/aromatic N) is 1. The smallest absolute Gasteiger partial charge is 0.410 e. The van der Waals surface area contributed by atoms with E-state index in [-0.39, 0.29) is 11.7 Å². The molecular weight excluding hydrogens is 322 g/mol. The number of carbonyl (C=O) groups excluding carboxylic acids is 2. The van der Waals surface area contributed by atoms with Gasteiger partial charge in [0.05, 0.1) is 11.8 Å². The average Bonchev–Trinajstić information content (AvgIpc) is 2.35. The average molecular weight is 349 g/mol. The summed E-state index contributed by atoms with van der Waals surface area (Å²) in [5, 5.41) is 0. The van der Waals surface area contributed by atoms with Gasteiger partial charge in [0.15, 0.2) is 0 Å². The van der Waals surface area contributed by atoms with Gasteiger partial charge >= 0.3 is 6.09 Å². The van der Waals surface area contributed by atoms with Crippen molar-refractivity contribution in [2.75, 3.05) is 18.8 Å². The molecule has 0 aromatic carbocycles. The highest BCUT2D eigenvalue weighted by molar-refractivity contribution is 7.89. The lowest BCUT2D eigenvalue weighted by Crippen LogP contribution is -2.47. The van der Waals surface area contributed by atoms with E-state index >= 15 is 0 Å². The molecule has 2 atom stereocenters. The van der Waals surface area contributed by atoms with Gasteiger partial charge in [-0.15, -0.1) is 0 Å². The number of nitrogens with one attached hydrogen (secondary N) is 1. The van der Waals surface area contributed by atoms with Crippen LogP contribution in [0.5, 0.6) is 0 Å². The number of likely N-dealkylation sites (tertiary alicyclic amines) is 1. The van der Waals surface area contributed by atoms with Gasteiger partial charge in [0, 0.05) is 13.1 Å². The Bertz CT molecular complexity index is 541. The van der Waals surface area contributed by atoms with Gasteiger partial charge in [-0.3, -0.25) is 4.79 Å². The van der Waals surface area contributed by atoms with Crippen molar-refractivity contribution in [2.45, 2.75) is 52.2 Å². The minimum absolute atomic E-state index is 0.149. The van der Waals surface area contributed by atoms with Crippen molar-refractivity contribution in [1.82, 2.24) is 9.62 Å². The van der Waals surface area contributed by atoms with Crippen molar-refractivity contribution >= 4 is 22.0 Å². The van der Waals surface area contributed by atoms with Crippen LogP contribution < -0.4 is 10.5 Å². The van der Waals surface area contributed by atoms with Crippen LogP contribution in [0.2, 0.25) is 0 Å². The van der Waals surface area contributed by atoms with Crippen molar-refractivity contribution in [3.63, 3.8) is 0 Å². The van der Waals surface area contributed by atoms with Gasteiger partial charge in [0.2, 0.25) is 15.9 Å². The Balaban J connectivity index is 2.61. The molecule has 8 nitrogen and oxygen atoms in total. The molecule has 2 amide bonds. The van der Waals surface area contributed by atoms with Gasteiger partial charge in [-0.1, -0.05) is 0 Å². The number of amides is 2. The van der Waals surface area contributed by atoms with Crippen molar-refractivity contribution < 1.29 is 22.7 Å². The molecule has 0 saturated carbocycles. The van der Waals surface area contributed by atoms with E-state index in [0.29, 0.717) is 25.9 Å². The molecule has 2 unspecified atom stereocenters. The van der Waals surface area contributed by atoms with Crippen LogP contribution in [-0.4, -0.2) is 55.8 Å². The van der Waals surface area contributed by atoms with E-state index in [1.807, 2.05) is 0 Å². The summed E-state index contributed by atoms with van der Waals surface area (Å²) in [4.78, 5) is 24.6. The molecule has 1 saturated heterocycles. The molecule has 1 aliphatic rings. The third kappa shape index (κ3) is 7.17. The van der Waals surface area contributed by atoms with Gasteiger partial charge in [0.25, 0.3) is 0 Å². The number of rotatable bonds is 5. The molecule has 3 N–H and O–H groups in total. The Morgan fingerprint density at radius 3 is 2.52 bits per heavy atom. The van der Waals surface area contributed by atoms with Crippen molar-refractivity contribution in [2.24, 2.45) is 11.7 Å². The zero-order chi connectivity index (χ0) is 17.8. The monoisotopic (exact) mass is 349 g/mol. The summed E-state index contributed by atoms with van der Waals surface area (Å²) < 4.78 is 31.7. The van der Waals surface area contributed by atoms with E-state index in [0.717, 1.165) is 0 Å². The molecule has 1 heterocycles. The molecule has 0 spiro atoms. The number of piperidine rings is 1. The second-order valence-electron chi connectivity index (χ2n) is 6.96. The van der Waals surface area contributed by atoms with Crippen LogP contribution in [0, 0.1) is 5.92 Å². The Labute approximate surface area is 137 Å². The molecule has 0 aliphatic carbocycles. The number of nitrogens with two attached hydrogens (primary N) is 1. The quantitative estimate of drug-likeness (QED) is 0.746. The third-order valence-electron chi connectivity index (χ3n) is 3.41. The first-order chi connectivity index (χ1) is 10.4. The number of carbonyl (C=O) groups is 2. The minimum Gasteiger partial charge on any atom is -0.444 e. The van der Waals surface area contributed by atoms with Crippen LogP contribution in [-0.2, 0) is 19.6 Å². The lowest BCUT2D eigenvalue weighted by atomic mass is 10.0. The van der Waals surface area contributed by atoms with E-state index in [4.69, 9.17) is 10.5 Å². The minimum atomic E-state index is -3.64. The number of primary amides is 1. The summed E-state index contributed by atoms with van der Waals surface area (Å²) in [5.41, 5.74) is 4.47. The van der Waals surface area contributed by atoms with Crippen LogP contribution in [0.4, 0.5) is 4.79 Å². The topological polar surface area (TPSA) is 119 Å². The first-order valence-corrected chi connectivity index (χ1v) is 9.32. The summed E-state index contributed by atoms with van der Waals surface area (Å²) in [6, 6.07) is -0.953. The molecule has 1 rings (SSSR count). The van der Waals surface area contributed by atoms with Gasteiger partial charge < -0.3 is 15.4 Å². The second kappa shape index (κ2) is 7.48. The molecule has 0 radical (unpaired) electrons. The molecule has 9 heteroatoms. The van der Waals surface area contributed by atoms with Crippen LogP contribution in [0.1, 0.15) is 40.5 Å². The SMILES string of the molecule is CC(NS(=O)(=O)CC1CCCN(C(=O)OC(C)(C)C)C1)C(N)=O. The fourth-order valence-corrected chi connectivity index (χ4v) is 4.02. The van der Waals surface area contributed by atoms with Crippen LogP contribution in [0.25, 0.3) is 0 Å². The standard InChI is InChI=1S/C14H27N3O5S/c1-10(12(15)18)16-23(20,21)9-11-6-5-7-17(8-11)13(19)22-14(2,3)4/h10-11,16H,5-9H2,1-4H3,(H2,15,18). The number of sulfonamides is 1. The fourth-order valence-electron chi connectivity index (χ4n) is 2.38. The van der Waals surface area contributed by atoms with E-state index < -0.39 is 33.7 Å². The van der Waals surface area contributed by atoms with Crippen LogP contribution in [0.3, 0.4) is 0 Å². The molecule has 0 bridgehead atoms. The third-order valence-corrected chi connectivity index (χ3v) is 5.03. The first-order valence-electron chi connectivity index (χ1n) is 7.67. The normalized spacial score (nSPS) is 20.9. The Kier molecular flexibility index (Phi) is 6.41. The van der Waals surface area contributed by atoms with Gasteiger partial charge in [-0.05, 0) is 46.5 Å². The van der Waals surface area contributed by atoms with E-state index in [9.17, 15) is 18.0 Å². The predicted molar refractivity (Wildman–Crippen MR) is 86.1 cm³/mol. The van der Waals surface area contributed by atoms with Gasteiger partial charge in [-0.25, -0.2) is 17.9 Å². The lowest BCUT2D eigenvalue weighted by Gasteiger charge is -2.34. The van der Waals surface area contributed by atoms with Crippen molar-refractivity contribution in [3.8, 4) is 0 Å². The Morgan fingerprint density at radius 1 is 1.39 bits per heavy atom. The molecular formula is C14H27N3O5S. The van der Waals surface area contributed by atoms with Crippen molar-refractivity contribution in [1.29, 1.82) is 0 Å². The van der Waals surface area contributed by atoms with E-state index in [2.05, 4.69) is 4.72 Å². The molecule has 1 aliphatic heterocycles. The summed E-state index contributed by atoms with van der Waals surface area (Å²) in [6.07, 6.45) is 0.980. The highest BCUT2D eigenvalue weighted by Crippen LogP contribution is 2.20. The van der Waals surface area contributed by atoms with Gasteiger partial charge in [-0.2, -0.15) is 0 Å². The second-order valence-corrected chi connectivity index (χ2v) is 8.76. The fraction of sp³-hybridized carbons (Fsp3) is 0.857. The predicted octanol–water partition coefficient (Wildman–Crippen LogP) is 0.427. The molecule has 0 aromatic rings. The van der Waals surface area contributed by atoms with Gasteiger partial charge in [0.1, 0.15) is 5.60 Å². The van der Waals surface area contributed by atoms with Crippen LogP contribution >= 0.6 is 0 Å². The molecule has 134 valence electrons. The summed E-state index contributed by atoms with van der Waals surface area (Å²) in [7, 11) is -3.64. The maximum absolute atomic E-state index is 12.1. The highest BCUT2D eigenvalue weighted by Gasteiger charge is 2.30. The zero-order valence-electron chi connectivity index (χ0n) is 14.2. The number of hydrogen-bond acceptors (Lipinski definition) is 5. The van der Waals surface area contributed by atoms with E-state index in [1.54, 1.807) is 20.8 Å². The van der Waals surface area contributed by atoms with Crippen molar-refractivity contribution in [3.05, 3.63) is 0 Å². The largest absolute Gasteiger partial charge is 0.444 e. The summed E-state index contributed by atoms with van der Waals surface area (Å²) in [6.45, 7) is 7.62. The Morgan fingerprint density at radius 2 is 2.00 bits per heavy atom. The highest BCUT2D eigenvalue weighted by atomic mass is 32.2. The van der Waals surface area contributed by atoms with E-state index in [1.165, 1.54) is 11.8 Å². The maximum Gasteiger partial charge on any atom is 0.410 e. The number of hydrogen-bond donors (Lipinski definition) is 2. The lowest BCUT2D eigenvalue weighted by molar-refractivity contribution is -0.119. The summed E-state index contributed by atoms with van der Waals surface area (Å²) in [5.74, 6) is -1.08. The molecule has 1 fully saturated rings. The molecule has 0 aromatic heterocycles. The first kappa shape index (κ1) is 19.7.